The van der Waals surface area contributed by atoms with Crippen LogP contribution in [0.5, 0.6) is 5.75 Å². The van der Waals surface area contributed by atoms with E-state index in [-0.39, 0.29) is 0 Å². The van der Waals surface area contributed by atoms with Crippen LogP contribution < -0.4 is 4.84 Å². The molecule has 0 aliphatic rings. The molecule has 3 heteroatoms. The van der Waals surface area contributed by atoms with Gasteiger partial charge in [-0.05, 0) is 53.6 Å². The molecule has 0 heterocycles. The van der Waals surface area contributed by atoms with Gasteiger partial charge in [0, 0.05) is 4.47 Å². The van der Waals surface area contributed by atoms with Crippen molar-refractivity contribution in [3.05, 3.63) is 76.8 Å². The van der Waals surface area contributed by atoms with E-state index in [1.165, 1.54) is 10.8 Å². The molecule has 3 rings (SSSR count). The fourth-order valence-electron chi connectivity index (χ4n) is 2.08. The van der Waals surface area contributed by atoms with E-state index in [2.05, 4.69) is 51.4 Å². The second-order valence-electron chi connectivity index (χ2n) is 4.78. The summed E-state index contributed by atoms with van der Waals surface area (Å²) in [5.41, 5.74) is 1.91. The van der Waals surface area contributed by atoms with Crippen molar-refractivity contribution in [3.63, 3.8) is 0 Å². The lowest BCUT2D eigenvalue weighted by Crippen LogP contribution is -1.97. The molecule has 0 amide bonds. The molecule has 0 spiro atoms. The number of hydrogen-bond acceptors (Lipinski definition) is 2. The molecule has 0 aromatic heterocycles. The molecular weight excluding hydrogens is 326 g/mol. The van der Waals surface area contributed by atoms with E-state index in [9.17, 15) is 0 Å². The number of fused-ring (bicyclic) bond motifs is 1. The molecule has 0 fully saturated rings. The topological polar surface area (TPSA) is 21.6 Å². The molecule has 3 aromatic rings. The zero-order chi connectivity index (χ0) is 14.7. The molecule has 21 heavy (non-hydrogen) atoms. The van der Waals surface area contributed by atoms with Gasteiger partial charge >= 0.3 is 0 Å². The molecule has 2 nitrogen and oxygen atoms in total. The fourth-order valence-corrected chi connectivity index (χ4v) is 2.35. The summed E-state index contributed by atoms with van der Waals surface area (Å²) in [7, 11) is 0. The molecule has 0 aliphatic carbocycles. The van der Waals surface area contributed by atoms with Gasteiger partial charge in [0.05, 0.1) is 5.71 Å². The minimum Gasteiger partial charge on any atom is -0.357 e. The summed E-state index contributed by atoms with van der Waals surface area (Å²) in [5, 5.41) is 6.63. The van der Waals surface area contributed by atoms with Crippen LogP contribution in [0.1, 0.15) is 12.5 Å². The first-order chi connectivity index (χ1) is 10.2. The number of benzene rings is 3. The lowest BCUT2D eigenvalue weighted by Gasteiger charge is -2.04. The summed E-state index contributed by atoms with van der Waals surface area (Å²) in [4.78, 5) is 5.46. The molecule has 0 atom stereocenters. The van der Waals surface area contributed by atoms with E-state index in [0.717, 1.165) is 21.5 Å². The van der Waals surface area contributed by atoms with Crippen LogP contribution in [0.15, 0.2) is 76.4 Å². The molecular formula is C18H14BrNO. The SMILES string of the molecule is C/C(=N\Oc1ccc(Br)cc1)c1ccc2ccccc2c1. The first-order valence-corrected chi connectivity index (χ1v) is 7.48. The average Bonchev–Trinajstić information content (AvgIpc) is 2.53. The van der Waals surface area contributed by atoms with E-state index in [0.29, 0.717) is 0 Å². The molecule has 0 aliphatic heterocycles. The normalized spacial score (nSPS) is 11.6. The van der Waals surface area contributed by atoms with E-state index >= 15 is 0 Å². The Bertz CT molecular complexity index is 794. The maximum Gasteiger partial charge on any atom is 0.158 e. The van der Waals surface area contributed by atoms with Gasteiger partial charge in [-0.2, -0.15) is 0 Å². The van der Waals surface area contributed by atoms with Gasteiger partial charge in [0.1, 0.15) is 0 Å². The summed E-state index contributed by atoms with van der Waals surface area (Å²) in [5.74, 6) is 0.721. The number of halogens is 1. The highest BCUT2D eigenvalue weighted by molar-refractivity contribution is 9.10. The van der Waals surface area contributed by atoms with Crippen molar-refractivity contribution in [1.29, 1.82) is 0 Å². The van der Waals surface area contributed by atoms with Gasteiger partial charge in [-0.3, -0.25) is 0 Å². The second kappa shape index (κ2) is 6.10. The van der Waals surface area contributed by atoms with Gasteiger partial charge in [-0.15, -0.1) is 0 Å². The highest BCUT2D eigenvalue weighted by Crippen LogP contribution is 2.18. The number of rotatable bonds is 3. The molecule has 0 radical (unpaired) electrons. The molecule has 0 N–H and O–H groups in total. The molecule has 0 unspecified atom stereocenters. The third-order valence-electron chi connectivity index (χ3n) is 3.27. The predicted octanol–water partition coefficient (Wildman–Crippen LogP) is 5.41. The van der Waals surface area contributed by atoms with Crippen molar-refractivity contribution in [2.75, 3.05) is 0 Å². The van der Waals surface area contributed by atoms with Gasteiger partial charge in [0.2, 0.25) is 0 Å². The first kappa shape index (κ1) is 13.8. The quantitative estimate of drug-likeness (QED) is 0.462. The second-order valence-corrected chi connectivity index (χ2v) is 5.70. The predicted molar refractivity (Wildman–Crippen MR) is 90.9 cm³/mol. The third kappa shape index (κ3) is 3.31. The monoisotopic (exact) mass is 339 g/mol. The first-order valence-electron chi connectivity index (χ1n) is 6.69. The van der Waals surface area contributed by atoms with Crippen molar-refractivity contribution in [1.82, 2.24) is 0 Å². The maximum atomic E-state index is 5.46. The van der Waals surface area contributed by atoms with E-state index in [4.69, 9.17) is 4.84 Å². The largest absolute Gasteiger partial charge is 0.357 e. The Hall–Kier alpha value is -2.13. The Labute approximate surface area is 132 Å². The van der Waals surface area contributed by atoms with Gasteiger partial charge < -0.3 is 4.84 Å². The molecule has 3 aromatic carbocycles. The highest BCUT2D eigenvalue weighted by Gasteiger charge is 2.01. The molecule has 0 bridgehead atoms. The van der Waals surface area contributed by atoms with Crippen LogP contribution in [0.2, 0.25) is 0 Å². The van der Waals surface area contributed by atoms with E-state index in [1.807, 2.05) is 43.3 Å². The van der Waals surface area contributed by atoms with Crippen molar-refractivity contribution in [3.8, 4) is 5.75 Å². The van der Waals surface area contributed by atoms with Gasteiger partial charge in [0.25, 0.3) is 0 Å². The summed E-state index contributed by atoms with van der Waals surface area (Å²) >= 11 is 3.39. The van der Waals surface area contributed by atoms with Crippen LogP contribution in [-0.2, 0) is 0 Å². The Morgan fingerprint density at radius 3 is 2.38 bits per heavy atom. The maximum absolute atomic E-state index is 5.46. The van der Waals surface area contributed by atoms with Crippen LogP contribution in [0.3, 0.4) is 0 Å². The average molecular weight is 340 g/mol. The third-order valence-corrected chi connectivity index (χ3v) is 3.80. The van der Waals surface area contributed by atoms with Crippen molar-refractivity contribution < 1.29 is 4.84 Å². The summed E-state index contributed by atoms with van der Waals surface area (Å²) in [6.45, 7) is 1.95. The van der Waals surface area contributed by atoms with E-state index < -0.39 is 0 Å². The van der Waals surface area contributed by atoms with Gasteiger partial charge in [0.15, 0.2) is 5.75 Å². The Balaban J connectivity index is 1.83. The van der Waals surface area contributed by atoms with Gasteiger partial charge in [-0.1, -0.05) is 57.5 Å². The minimum absolute atomic E-state index is 0.721. The summed E-state index contributed by atoms with van der Waals surface area (Å²) in [6.07, 6.45) is 0. The van der Waals surface area contributed by atoms with Gasteiger partial charge in [-0.25, -0.2) is 0 Å². The summed E-state index contributed by atoms with van der Waals surface area (Å²) < 4.78 is 1.02. The van der Waals surface area contributed by atoms with Crippen molar-refractivity contribution in [2.45, 2.75) is 6.92 Å². The minimum atomic E-state index is 0.721. The van der Waals surface area contributed by atoms with E-state index in [1.54, 1.807) is 0 Å². The molecule has 104 valence electrons. The van der Waals surface area contributed by atoms with Crippen molar-refractivity contribution in [2.24, 2.45) is 5.16 Å². The zero-order valence-electron chi connectivity index (χ0n) is 11.6. The molecule has 0 saturated carbocycles. The molecule has 0 saturated heterocycles. The Morgan fingerprint density at radius 2 is 1.62 bits per heavy atom. The smallest absolute Gasteiger partial charge is 0.158 e. The van der Waals surface area contributed by atoms with Crippen molar-refractivity contribution >= 4 is 32.4 Å². The number of nitrogens with zero attached hydrogens (tertiary/aromatic N) is 1. The number of hydrogen-bond donors (Lipinski definition) is 0. The zero-order valence-corrected chi connectivity index (χ0v) is 13.2. The van der Waals surface area contributed by atoms with Crippen LogP contribution in [-0.4, -0.2) is 5.71 Å². The summed E-state index contributed by atoms with van der Waals surface area (Å²) in [6, 6.07) is 22.2. The van der Waals surface area contributed by atoms with Crippen LogP contribution >= 0.6 is 15.9 Å². The Kier molecular flexibility index (Phi) is 4.02. The lowest BCUT2D eigenvalue weighted by atomic mass is 10.0. The standard InChI is InChI=1S/C18H14BrNO/c1-13(20-21-18-10-8-17(19)9-11-18)15-7-6-14-4-2-3-5-16(14)12-15/h2-12H,1H3/b20-13+. The Morgan fingerprint density at radius 1 is 0.905 bits per heavy atom. The number of oxime groups is 1. The van der Waals surface area contributed by atoms with Crippen LogP contribution in [0.25, 0.3) is 10.8 Å². The lowest BCUT2D eigenvalue weighted by molar-refractivity contribution is 0.341. The van der Waals surface area contributed by atoms with Crippen LogP contribution in [0.4, 0.5) is 0 Å². The van der Waals surface area contributed by atoms with Crippen LogP contribution in [0, 0.1) is 0 Å². The fraction of sp³-hybridized carbons (Fsp3) is 0.0556. The highest BCUT2D eigenvalue weighted by atomic mass is 79.9.